The standard InChI is InChI=1S/C12H23N3O/c1-8(2)13-7-9(3)16-12-10(4)14-15(6)11(12)5/h8-9,13H,7H2,1-6H3. The molecule has 0 aromatic carbocycles. The molecule has 1 N–H and O–H groups in total. The maximum absolute atomic E-state index is 5.90. The fourth-order valence-electron chi connectivity index (χ4n) is 1.57. The molecule has 0 aliphatic rings. The van der Waals surface area contributed by atoms with Crippen LogP contribution in [0.5, 0.6) is 5.75 Å². The van der Waals surface area contributed by atoms with Gasteiger partial charge in [0.1, 0.15) is 11.8 Å². The van der Waals surface area contributed by atoms with E-state index in [1.807, 2.05) is 25.6 Å². The Morgan fingerprint density at radius 2 is 1.94 bits per heavy atom. The molecule has 1 unspecified atom stereocenters. The Hall–Kier alpha value is -1.03. The van der Waals surface area contributed by atoms with Gasteiger partial charge in [0.05, 0.1) is 5.69 Å². The van der Waals surface area contributed by atoms with E-state index in [2.05, 4.69) is 31.2 Å². The van der Waals surface area contributed by atoms with Crippen molar-refractivity contribution < 1.29 is 4.74 Å². The van der Waals surface area contributed by atoms with Crippen LogP contribution in [-0.4, -0.2) is 28.5 Å². The molecule has 0 amide bonds. The summed E-state index contributed by atoms with van der Waals surface area (Å²) in [5, 5.41) is 7.69. The van der Waals surface area contributed by atoms with Gasteiger partial charge in [-0.3, -0.25) is 4.68 Å². The number of hydrogen-bond donors (Lipinski definition) is 1. The molecule has 1 rings (SSSR count). The van der Waals surface area contributed by atoms with E-state index in [0.29, 0.717) is 6.04 Å². The van der Waals surface area contributed by atoms with Gasteiger partial charge in [0.2, 0.25) is 0 Å². The van der Waals surface area contributed by atoms with Gasteiger partial charge >= 0.3 is 0 Å². The molecular weight excluding hydrogens is 202 g/mol. The molecule has 0 radical (unpaired) electrons. The van der Waals surface area contributed by atoms with Crippen LogP contribution in [0.3, 0.4) is 0 Å². The first-order valence-electron chi connectivity index (χ1n) is 5.82. The SMILES string of the molecule is Cc1nn(C)c(C)c1OC(C)CNC(C)C. The van der Waals surface area contributed by atoms with Gasteiger partial charge in [0.15, 0.2) is 5.75 Å². The van der Waals surface area contributed by atoms with E-state index < -0.39 is 0 Å². The third-order valence-electron chi connectivity index (χ3n) is 2.58. The third-order valence-corrected chi connectivity index (χ3v) is 2.58. The molecule has 0 saturated carbocycles. The minimum atomic E-state index is 0.156. The number of aromatic nitrogens is 2. The van der Waals surface area contributed by atoms with Crippen LogP contribution in [0.1, 0.15) is 32.2 Å². The zero-order chi connectivity index (χ0) is 12.3. The molecule has 92 valence electrons. The van der Waals surface area contributed by atoms with Gasteiger partial charge in [-0.05, 0) is 20.8 Å². The lowest BCUT2D eigenvalue weighted by Crippen LogP contribution is -2.33. The lowest BCUT2D eigenvalue weighted by molar-refractivity contribution is 0.210. The normalized spacial score (nSPS) is 13.2. The van der Waals surface area contributed by atoms with E-state index in [1.165, 1.54) is 0 Å². The molecule has 0 fully saturated rings. The second-order valence-corrected chi connectivity index (χ2v) is 4.61. The number of hydrogen-bond acceptors (Lipinski definition) is 3. The quantitative estimate of drug-likeness (QED) is 0.830. The number of ether oxygens (including phenoxy) is 1. The van der Waals surface area contributed by atoms with Crippen LogP contribution in [0.4, 0.5) is 0 Å². The largest absolute Gasteiger partial charge is 0.486 e. The molecule has 1 atom stereocenters. The maximum atomic E-state index is 5.90. The smallest absolute Gasteiger partial charge is 0.163 e. The van der Waals surface area contributed by atoms with E-state index >= 15 is 0 Å². The van der Waals surface area contributed by atoms with Crippen molar-refractivity contribution in [1.29, 1.82) is 0 Å². The van der Waals surface area contributed by atoms with E-state index in [-0.39, 0.29) is 6.10 Å². The van der Waals surface area contributed by atoms with Crippen molar-refractivity contribution in [2.24, 2.45) is 7.05 Å². The molecule has 4 nitrogen and oxygen atoms in total. The Morgan fingerprint density at radius 1 is 1.31 bits per heavy atom. The van der Waals surface area contributed by atoms with E-state index in [9.17, 15) is 0 Å². The van der Waals surface area contributed by atoms with Gasteiger partial charge < -0.3 is 10.1 Å². The van der Waals surface area contributed by atoms with Crippen molar-refractivity contribution in [2.45, 2.75) is 46.8 Å². The predicted molar refractivity (Wildman–Crippen MR) is 65.9 cm³/mol. The zero-order valence-electron chi connectivity index (χ0n) is 11.2. The van der Waals surface area contributed by atoms with Gasteiger partial charge in [-0.2, -0.15) is 5.10 Å². The Morgan fingerprint density at radius 3 is 2.38 bits per heavy atom. The van der Waals surface area contributed by atoms with E-state index in [0.717, 1.165) is 23.7 Å². The first-order chi connectivity index (χ1) is 7.41. The minimum Gasteiger partial charge on any atom is -0.486 e. The number of nitrogens with one attached hydrogen (secondary N) is 1. The maximum Gasteiger partial charge on any atom is 0.163 e. The van der Waals surface area contributed by atoms with Crippen LogP contribution in [0.15, 0.2) is 0 Å². The van der Waals surface area contributed by atoms with Crippen molar-refractivity contribution >= 4 is 0 Å². The second kappa shape index (κ2) is 5.34. The summed E-state index contributed by atoms with van der Waals surface area (Å²) in [5.74, 6) is 0.917. The molecule has 0 aliphatic heterocycles. The zero-order valence-corrected chi connectivity index (χ0v) is 11.2. The molecule has 0 aliphatic carbocycles. The van der Waals surface area contributed by atoms with Crippen LogP contribution in [0, 0.1) is 13.8 Å². The Kier molecular flexibility index (Phi) is 4.35. The third kappa shape index (κ3) is 3.23. The highest BCUT2D eigenvalue weighted by Gasteiger charge is 2.13. The molecular formula is C12H23N3O. The number of rotatable bonds is 5. The Bertz CT molecular complexity index is 344. The van der Waals surface area contributed by atoms with Crippen LogP contribution in [0.25, 0.3) is 0 Å². The van der Waals surface area contributed by atoms with E-state index in [4.69, 9.17) is 4.74 Å². The molecule has 1 heterocycles. The fraction of sp³-hybridized carbons (Fsp3) is 0.750. The van der Waals surface area contributed by atoms with Gasteiger partial charge in [0, 0.05) is 19.6 Å². The fourth-order valence-corrected chi connectivity index (χ4v) is 1.57. The van der Waals surface area contributed by atoms with Gasteiger partial charge in [-0.15, -0.1) is 0 Å². The highest BCUT2D eigenvalue weighted by molar-refractivity contribution is 5.31. The molecule has 0 saturated heterocycles. The molecule has 1 aromatic heterocycles. The predicted octanol–water partition coefficient (Wildman–Crippen LogP) is 1.80. The first-order valence-corrected chi connectivity index (χ1v) is 5.82. The summed E-state index contributed by atoms with van der Waals surface area (Å²) in [6.45, 7) is 11.2. The van der Waals surface area contributed by atoms with Gasteiger partial charge in [-0.1, -0.05) is 13.8 Å². The van der Waals surface area contributed by atoms with Crippen molar-refractivity contribution in [2.75, 3.05) is 6.54 Å². The lowest BCUT2D eigenvalue weighted by Gasteiger charge is -2.17. The Labute approximate surface area is 98.0 Å². The monoisotopic (exact) mass is 225 g/mol. The summed E-state index contributed by atoms with van der Waals surface area (Å²) in [5.41, 5.74) is 2.03. The van der Waals surface area contributed by atoms with Gasteiger partial charge in [-0.25, -0.2) is 0 Å². The lowest BCUT2D eigenvalue weighted by atomic mass is 10.3. The summed E-state index contributed by atoms with van der Waals surface area (Å²) >= 11 is 0. The van der Waals surface area contributed by atoms with Crippen molar-refractivity contribution in [3.8, 4) is 5.75 Å². The minimum absolute atomic E-state index is 0.156. The van der Waals surface area contributed by atoms with E-state index in [1.54, 1.807) is 0 Å². The molecule has 4 heteroatoms. The first kappa shape index (κ1) is 13.0. The van der Waals surface area contributed by atoms with Crippen molar-refractivity contribution in [3.05, 3.63) is 11.4 Å². The van der Waals surface area contributed by atoms with Gasteiger partial charge in [0.25, 0.3) is 0 Å². The van der Waals surface area contributed by atoms with Crippen LogP contribution in [-0.2, 0) is 7.05 Å². The second-order valence-electron chi connectivity index (χ2n) is 4.61. The highest BCUT2D eigenvalue weighted by Crippen LogP contribution is 2.22. The van der Waals surface area contributed by atoms with Crippen molar-refractivity contribution in [3.63, 3.8) is 0 Å². The summed E-state index contributed by atoms with van der Waals surface area (Å²) in [4.78, 5) is 0. The van der Waals surface area contributed by atoms with Crippen LogP contribution >= 0.6 is 0 Å². The Balaban J connectivity index is 2.59. The topological polar surface area (TPSA) is 39.1 Å². The average molecular weight is 225 g/mol. The summed E-state index contributed by atoms with van der Waals surface area (Å²) in [6.07, 6.45) is 0.156. The number of aryl methyl sites for hydroxylation is 2. The highest BCUT2D eigenvalue weighted by atomic mass is 16.5. The van der Waals surface area contributed by atoms with Crippen molar-refractivity contribution in [1.82, 2.24) is 15.1 Å². The molecule has 0 spiro atoms. The summed E-state index contributed by atoms with van der Waals surface area (Å²) in [6, 6.07) is 0.488. The molecule has 0 bridgehead atoms. The molecule has 16 heavy (non-hydrogen) atoms. The molecule has 1 aromatic rings. The number of nitrogens with zero attached hydrogens (tertiary/aromatic N) is 2. The average Bonchev–Trinajstić information content (AvgIpc) is 2.42. The van der Waals surface area contributed by atoms with Crippen LogP contribution < -0.4 is 10.1 Å². The summed E-state index contributed by atoms with van der Waals surface area (Å²) < 4.78 is 7.76. The summed E-state index contributed by atoms with van der Waals surface area (Å²) in [7, 11) is 1.94. The van der Waals surface area contributed by atoms with Crippen LogP contribution in [0.2, 0.25) is 0 Å².